The quantitative estimate of drug-likeness (QED) is 0.379. The first-order valence-electron chi connectivity index (χ1n) is 12.0. The Morgan fingerprint density at radius 3 is 1.97 bits per heavy atom. The molecule has 1 aliphatic carbocycles. The molecule has 0 spiro atoms. The summed E-state index contributed by atoms with van der Waals surface area (Å²) in [4.78, 5) is 5.31. The second-order valence-electron chi connectivity index (χ2n) is 9.26. The molecule has 182 valence electrons. The molecule has 0 N–H and O–H groups in total. The van der Waals surface area contributed by atoms with Crippen molar-refractivity contribution in [2.75, 3.05) is 38.2 Å². The molecule has 34 heavy (non-hydrogen) atoms. The maximum absolute atomic E-state index is 5.62. The molecule has 3 nitrogen and oxygen atoms in total. The molecule has 1 heterocycles. The highest BCUT2D eigenvalue weighted by molar-refractivity contribution is 5.85. The molecule has 5 heteroatoms. The van der Waals surface area contributed by atoms with Crippen molar-refractivity contribution in [3.8, 4) is 5.75 Å². The molecule has 1 saturated carbocycles. The number of halogens is 2. The molecule has 0 radical (unpaired) electrons. The predicted octanol–water partition coefficient (Wildman–Crippen LogP) is 6.91. The maximum Gasteiger partial charge on any atom is 0.119 e. The average Bonchev–Trinajstić information content (AvgIpc) is 2.90. The van der Waals surface area contributed by atoms with Crippen molar-refractivity contribution >= 4 is 30.5 Å². The summed E-state index contributed by atoms with van der Waals surface area (Å²) in [6.07, 6.45) is 4.87. The number of hydrogen-bond donors (Lipinski definition) is 0. The van der Waals surface area contributed by atoms with E-state index in [1.54, 1.807) is 7.11 Å². The molecule has 1 saturated heterocycles. The van der Waals surface area contributed by atoms with Crippen LogP contribution in [-0.2, 0) is 5.54 Å². The average molecular weight is 500 g/mol. The molecule has 2 aliphatic rings. The van der Waals surface area contributed by atoms with Crippen molar-refractivity contribution in [1.29, 1.82) is 0 Å². The third-order valence-corrected chi connectivity index (χ3v) is 7.70. The lowest BCUT2D eigenvalue weighted by Crippen LogP contribution is -2.56. The zero-order valence-electron chi connectivity index (χ0n) is 19.9. The number of benzene rings is 3. The number of para-hydroxylation sites is 1. The summed E-state index contributed by atoms with van der Waals surface area (Å²) in [5, 5.41) is 0. The van der Waals surface area contributed by atoms with Gasteiger partial charge < -0.3 is 9.64 Å². The van der Waals surface area contributed by atoms with Gasteiger partial charge >= 0.3 is 0 Å². The number of anilines is 1. The molecule has 5 rings (SSSR count). The van der Waals surface area contributed by atoms with Gasteiger partial charge in [0.25, 0.3) is 0 Å². The SMILES string of the molecule is COc1cccc(C2(N3CCN(c4ccccc4)CC3)CCC(c3ccccc3)CC2)c1.Cl.Cl. The normalized spacial score (nSPS) is 22.9. The minimum absolute atomic E-state index is 0. The number of piperazine rings is 1. The van der Waals surface area contributed by atoms with Crippen LogP contribution in [0, 0.1) is 0 Å². The molecule has 0 atom stereocenters. The number of rotatable bonds is 5. The summed E-state index contributed by atoms with van der Waals surface area (Å²) in [5.41, 5.74) is 4.37. The van der Waals surface area contributed by atoms with E-state index in [4.69, 9.17) is 4.74 Å². The zero-order chi connectivity index (χ0) is 21.8. The maximum atomic E-state index is 5.62. The summed E-state index contributed by atoms with van der Waals surface area (Å²) in [7, 11) is 1.77. The van der Waals surface area contributed by atoms with Crippen LogP contribution >= 0.6 is 24.8 Å². The molecule has 0 aromatic heterocycles. The van der Waals surface area contributed by atoms with E-state index in [2.05, 4.69) is 94.7 Å². The molecule has 0 amide bonds. The van der Waals surface area contributed by atoms with Gasteiger partial charge in [0.05, 0.1) is 7.11 Å². The van der Waals surface area contributed by atoms with Gasteiger partial charge in [-0.3, -0.25) is 4.90 Å². The van der Waals surface area contributed by atoms with Crippen molar-refractivity contribution in [2.45, 2.75) is 37.1 Å². The van der Waals surface area contributed by atoms with Gasteiger partial charge in [-0.15, -0.1) is 24.8 Å². The van der Waals surface area contributed by atoms with Crippen LogP contribution in [0.3, 0.4) is 0 Å². The van der Waals surface area contributed by atoms with Crippen LogP contribution in [0.5, 0.6) is 5.75 Å². The smallest absolute Gasteiger partial charge is 0.119 e. The Morgan fingerprint density at radius 2 is 1.35 bits per heavy atom. The van der Waals surface area contributed by atoms with Gasteiger partial charge in [0.1, 0.15) is 5.75 Å². The van der Waals surface area contributed by atoms with E-state index >= 15 is 0 Å². The summed E-state index contributed by atoms with van der Waals surface area (Å²) in [6, 6.07) is 30.8. The molecular weight excluding hydrogens is 463 g/mol. The van der Waals surface area contributed by atoms with Crippen molar-refractivity contribution in [2.24, 2.45) is 0 Å². The Labute approximate surface area is 216 Å². The largest absolute Gasteiger partial charge is 0.497 e. The van der Waals surface area contributed by atoms with Gasteiger partial charge in [-0.05, 0) is 67.0 Å². The highest BCUT2D eigenvalue weighted by Gasteiger charge is 2.43. The molecular formula is C29H36Cl2N2O. The highest BCUT2D eigenvalue weighted by Crippen LogP contribution is 2.48. The first-order valence-corrected chi connectivity index (χ1v) is 12.0. The fraction of sp³-hybridized carbons (Fsp3) is 0.379. The van der Waals surface area contributed by atoms with Crippen LogP contribution in [0.2, 0.25) is 0 Å². The zero-order valence-corrected chi connectivity index (χ0v) is 21.6. The predicted molar refractivity (Wildman–Crippen MR) is 147 cm³/mol. The van der Waals surface area contributed by atoms with Gasteiger partial charge in [-0.2, -0.15) is 0 Å². The van der Waals surface area contributed by atoms with Crippen LogP contribution < -0.4 is 9.64 Å². The van der Waals surface area contributed by atoms with E-state index in [9.17, 15) is 0 Å². The van der Waals surface area contributed by atoms with Gasteiger partial charge in [-0.25, -0.2) is 0 Å². The Kier molecular flexibility index (Phi) is 9.30. The fourth-order valence-corrected chi connectivity index (χ4v) is 5.89. The lowest BCUT2D eigenvalue weighted by Gasteiger charge is -2.51. The van der Waals surface area contributed by atoms with Gasteiger partial charge in [0.2, 0.25) is 0 Å². The van der Waals surface area contributed by atoms with Crippen LogP contribution in [0.25, 0.3) is 0 Å². The molecule has 3 aromatic carbocycles. The van der Waals surface area contributed by atoms with Crippen LogP contribution in [0.1, 0.15) is 42.7 Å². The van der Waals surface area contributed by atoms with E-state index in [0.29, 0.717) is 5.92 Å². The van der Waals surface area contributed by atoms with E-state index in [-0.39, 0.29) is 30.4 Å². The molecule has 3 aromatic rings. The van der Waals surface area contributed by atoms with Crippen molar-refractivity contribution < 1.29 is 4.74 Å². The van der Waals surface area contributed by atoms with Crippen molar-refractivity contribution in [3.05, 3.63) is 96.1 Å². The second kappa shape index (κ2) is 12.0. The van der Waals surface area contributed by atoms with Crippen LogP contribution in [-0.4, -0.2) is 38.2 Å². The van der Waals surface area contributed by atoms with E-state index in [1.807, 2.05) is 0 Å². The number of nitrogens with zero attached hydrogens (tertiary/aromatic N) is 2. The lowest BCUT2D eigenvalue weighted by molar-refractivity contribution is 0.0363. The van der Waals surface area contributed by atoms with Crippen molar-refractivity contribution in [1.82, 2.24) is 4.90 Å². The third-order valence-electron chi connectivity index (χ3n) is 7.70. The Bertz CT molecular complexity index is 999. The molecule has 2 fully saturated rings. The molecule has 0 bridgehead atoms. The third kappa shape index (κ3) is 5.38. The van der Waals surface area contributed by atoms with Crippen LogP contribution in [0.15, 0.2) is 84.9 Å². The highest BCUT2D eigenvalue weighted by atomic mass is 35.5. The number of methoxy groups -OCH3 is 1. The lowest BCUT2D eigenvalue weighted by atomic mass is 9.69. The van der Waals surface area contributed by atoms with Crippen LogP contribution in [0.4, 0.5) is 5.69 Å². The van der Waals surface area contributed by atoms with E-state index in [0.717, 1.165) is 31.9 Å². The topological polar surface area (TPSA) is 15.7 Å². The Morgan fingerprint density at radius 1 is 0.735 bits per heavy atom. The Hall–Kier alpha value is -2.20. The monoisotopic (exact) mass is 498 g/mol. The standard InChI is InChI=1S/C29H34N2O.2ClH/c1-32-28-14-8-11-26(23-28)29(17-15-25(16-18-29)24-9-4-2-5-10-24)31-21-19-30(20-22-31)27-12-6-3-7-13-27;;/h2-14,23,25H,15-22H2,1H3;2*1H. The molecule has 1 aliphatic heterocycles. The first-order chi connectivity index (χ1) is 15.8. The minimum Gasteiger partial charge on any atom is -0.497 e. The van der Waals surface area contributed by atoms with E-state index in [1.165, 1.54) is 42.5 Å². The fourth-order valence-electron chi connectivity index (χ4n) is 5.89. The summed E-state index contributed by atoms with van der Waals surface area (Å²) in [6.45, 7) is 4.36. The van der Waals surface area contributed by atoms with E-state index < -0.39 is 0 Å². The van der Waals surface area contributed by atoms with Crippen molar-refractivity contribution in [3.63, 3.8) is 0 Å². The summed E-state index contributed by atoms with van der Waals surface area (Å²) in [5.74, 6) is 1.63. The van der Waals surface area contributed by atoms with Gasteiger partial charge in [0.15, 0.2) is 0 Å². The van der Waals surface area contributed by atoms with Gasteiger partial charge in [-0.1, -0.05) is 60.7 Å². The summed E-state index contributed by atoms with van der Waals surface area (Å²) < 4.78 is 5.62. The van der Waals surface area contributed by atoms with Gasteiger partial charge in [0, 0.05) is 37.4 Å². The number of ether oxygens (including phenoxy) is 1. The second-order valence-corrected chi connectivity index (χ2v) is 9.26. The Balaban J connectivity index is 0.00000162. The minimum atomic E-state index is 0. The summed E-state index contributed by atoms with van der Waals surface area (Å²) >= 11 is 0. The molecule has 0 unspecified atom stereocenters. The number of hydrogen-bond acceptors (Lipinski definition) is 3. The first kappa shape index (κ1) is 26.4.